The van der Waals surface area contributed by atoms with Gasteiger partial charge in [-0.1, -0.05) is 36.4 Å². The normalized spacial score (nSPS) is 11.9. The first kappa shape index (κ1) is 13.3. The van der Waals surface area contributed by atoms with Gasteiger partial charge in [0.25, 0.3) is 0 Å². The molecule has 2 heteroatoms. The van der Waals surface area contributed by atoms with Gasteiger partial charge in [0, 0.05) is 0 Å². The fraction of sp³-hybridized carbons (Fsp3) is 0.235. The van der Waals surface area contributed by atoms with Gasteiger partial charge in [-0.05, 0) is 49.6 Å². The van der Waals surface area contributed by atoms with E-state index in [1.54, 1.807) is 12.1 Å². The molecule has 2 aromatic rings. The fourth-order valence-corrected chi connectivity index (χ4v) is 1.86. The first-order valence-corrected chi connectivity index (χ1v) is 6.42. The quantitative estimate of drug-likeness (QED) is 0.611. The van der Waals surface area contributed by atoms with Crippen LogP contribution in [0, 0.1) is 13.8 Å². The molecule has 0 amide bonds. The molecule has 0 fully saturated rings. The zero-order valence-electron chi connectivity index (χ0n) is 11.5. The van der Waals surface area contributed by atoms with Crippen LogP contribution in [0.4, 0.5) is 0 Å². The minimum atomic E-state index is -0.264. The summed E-state index contributed by atoms with van der Waals surface area (Å²) in [5.74, 6) is 0.0946. The number of benzene rings is 2. The molecule has 1 atom stereocenters. The van der Waals surface area contributed by atoms with Gasteiger partial charge in [-0.15, -0.1) is 0 Å². The maximum atomic E-state index is 12.1. The Balaban J connectivity index is 2.12. The number of hydrogen-bond donors (Lipinski definition) is 0. The number of carbonyl (C=O) groups is 1. The third-order valence-electron chi connectivity index (χ3n) is 3.35. The van der Waals surface area contributed by atoms with E-state index < -0.39 is 0 Å². The molecule has 0 aliphatic carbocycles. The van der Waals surface area contributed by atoms with E-state index in [0.29, 0.717) is 5.75 Å². The predicted octanol–water partition coefficient (Wildman–Crippen LogP) is 4.01. The van der Waals surface area contributed by atoms with E-state index in [4.69, 9.17) is 4.74 Å². The van der Waals surface area contributed by atoms with Gasteiger partial charge >= 0.3 is 5.97 Å². The summed E-state index contributed by atoms with van der Waals surface area (Å²) < 4.78 is 5.36. The van der Waals surface area contributed by atoms with Crippen LogP contribution >= 0.6 is 0 Å². The molecule has 0 saturated carbocycles. The molecule has 2 rings (SSSR count). The topological polar surface area (TPSA) is 26.3 Å². The lowest BCUT2D eigenvalue weighted by Gasteiger charge is -2.13. The summed E-state index contributed by atoms with van der Waals surface area (Å²) in [6.45, 7) is 5.98. The predicted molar refractivity (Wildman–Crippen MR) is 76.4 cm³/mol. The van der Waals surface area contributed by atoms with Crippen LogP contribution in [0.3, 0.4) is 0 Å². The van der Waals surface area contributed by atoms with Crippen LogP contribution in [0.5, 0.6) is 5.75 Å². The van der Waals surface area contributed by atoms with Gasteiger partial charge in [-0.3, -0.25) is 4.79 Å². The lowest BCUT2D eigenvalue weighted by atomic mass is 9.97. The maximum Gasteiger partial charge on any atom is 0.318 e. The van der Waals surface area contributed by atoms with Gasteiger partial charge in [0.2, 0.25) is 0 Å². The number of rotatable bonds is 3. The van der Waals surface area contributed by atoms with Crippen LogP contribution in [-0.4, -0.2) is 5.97 Å². The van der Waals surface area contributed by atoms with Crippen molar-refractivity contribution in [2.24, 2.45) is 0 Å². The Kier molecular flexibility index (Phi) is 4.00. The monoisotopic (exact) mass is 254 g/mol. The summed E-state index contributed by atoms with van der Waals surface area (Å²) in [6.07, 6.45) is 0. The lowest BCUT2D eigenvalue weighted by Crippen LogP contribution is -2.16. The number of ether oxygens (including phenoxy) is 1. The summed E-state index contributed by atoms with van der Waals surface area (Å²) >= 11 is 0. The minimum Gasteiger partial charge on any atom is -0.426 e. The molecule has 2 nitrogen and oxygen atoms in total. The van der Waals surface area contributed by atoms with Gasteiger partial charge < -0.3 is 4.74 Å². The van der Waals surface area contributed by atoms with E-state index >= 15 is 0 Å². The summed E-state index contributed by atoms with van der Waals surface area (Å²) in [5.41, 5.74) is 3.41. The van der Waals surface area contributed by atoms with Crippen LogP contribution in [0.2, 0.25) is 0 Å². The summed E-state index contributed by atoms with van der Waals surface area (Å²) in [4.78, 5) is 12.1. The molecule has 98 valence electrons. The van der Waals surface area contributed by atoms with Crippen molar-refractivity contribution in [3.63, 3.8) is 0 Å². The molecular weight excluding hydrogens is 236 g/mol. The van der Waals surface area contributed by atoms with Gasteiger partial charge in [0.1, 0.15) is 5.75 Å². The zero-order chi connectivity index (χ0) is 13.8. The Hall–Kier alpha value is -2.09. The zero-order valence-corrected chi connectivity index (χ0v) is 11.5. The highest BCUT2D eigenvalue weighted by Gasteiger charge is 2.17. The Morgan fingerprint density at radius 2 is 1.68 bits per heavy atom. The van der Waals surface area contributed by atoms with Crippen molar-refractivity contribution in [2.45, 2.75) is 26.7 Å². The molecule has 0 aliphatic rings. The Morgan fingerprint density at radius 3 is 2.32 bits per heavy atom. The summed E-state index contributed by atoms with van der Waals surface area (Å²) in [6, 6.07) is 15.2. The van der Waals surface area contributed by atoms with Crippen molar-refractivity contribution >= 4 is 5.97 Å². The van der Waals surface area contributed by atoms with E-state index in [2.05, 4.69) is 6.92 Å². The Bertz CT molecular complexity index is 573. The number of carbonyl (C=O) groups excluding carboxylic acids is 1. The van der Waals surface area contributed by atoms with Crippen molar-refractivity contribution < 1.29 is 9.53 Å². The number of esters is 1. The highest BCUT2D eigenvalue weighted by molar-refractivity contribution is 5.80. The SMILES string of the molecule is Cc1ccc([C@@H](C)C(=O)Oc2ccccc2)cc1C. The Labute approximate surface area is 114 Å². The average molecular weight is 254 g/mol. The maximum absolute atomic E-state index is 12.1. The molecular formula is C17H18O2. The molecule has 19 heavy (non-hydrogen) atoms. The second kappa shape index (κ2) is 5.70. The van der Waals surface area contributed by atoms with Crippen molar-refractivity contribution in [3.8, 4) is 5.75 Å². The minimum absolute atomic E-state index is 0.227. The summed E-state index contributed by atoms with van der Waals surface area (Å²) in [7, 11) is 0. The average Bonchev–Trinajstić information content (AvgIpc) is 2.42. The van der Waals surface area contributed by atoms with Crippen LogP contribution in [-0.2, 0) is 4.79 Å². The molecule has 0 aromatic heterocycles. The van der Waals surface area contributed by atoms with E-state index in [1.807, 2.05) is 50.2 Å². The van der Waals surface area contributed by atoms with E-state index in [1.165, 1.54) is 11.1 Å². The molecule has 0 radical (unpaired) electrons. The van der Waals surface area contributed by atoms with Gasteiger partial charge in [-0.25, -0.2) is 0 Å². The van der Waals surface area contributed by atoms with Crippen molar-refractivity contribution in [1.82, 2.24) is 0 Å². The molecule has 0 N–H and O–H groups in total. The van der Waals surface area contributed by atoms with E-state index in [0.717, 1.165) is 5.56 Å². The second-order valence-electron chi connectivity index (χ2n) is 4.80. The standard InChI is InChI=1S/C17H18O2/c1-12-9-10-15(11-13(12)2)14(3)17(18)19-16-7-5-4-6-8-16/h4-11,14H,1-3H3/t14-/m1/s1. The second-order valence-corrected chi connectivity index (χ2v) is 4.80. The molecule has 0 saturated heterocycles. The fourth-order valence-electron chi connectivity index (χ4n) is 1.86. The summed E-state index contributed by atoms with van der Waals surface area (Å²) in [5, 5.41) is 0. The third kappa shape index (κ3) is 3.22. The van der Waals surface area contributed by atoms with Crippen LogP contribution in [0.1, 0.15) is 29.5 Å². The highest BCUT2D eigenvalue weighted by atomic mass is 16.5. The lowest BCUT2D eigenvalue weighted by molar-refractivity contribution is -0.135. The molecule has 2 aromatic carbocycles. The van der Waals surface area contributed by atoms with Gasteiger partial charge in [0.15, 0.2) is 0 Å². The first-order chi connectivity index (χ1) is 9.08. The number of hydrogen-bond acceptors (Lipinski definition) is 2. The van der Waals surface area contributed by atoms with Crippen molar-refractivity contribution in [1.29, 1.82) is 0 Å². The Morgan fingerprint density at radius 1 is 1.00 bits per heavy atom. The molecule has 0 spiro atoms. The third-order valence-corrected chi connectivity index (χ3v) is 3.35. The van der Waals surface area contributed by atoms with Crippen molar-refractivity contribution in [3.05, 3.63) is 65.2 Å². The van der Waals surface area contributed by atoms with E-state index in [-0.39, 0.29) is 11.9 Å². The van der Waals surface area contributed by atoms with Gasteiger partial charge in [0.05, 0.1) is 5.92 Å². The van der Waals surface area contributed by atoms with Crippen LogP contribution in [0.25, 0.3) is 0 Å². The van der Waals surface area contributed by atoms with Crippen LogP contribution < -0.4 is 4.74 Å². The van der Waals surface area contributed by atoms with E-state index in [9.17, 15) is 4.79 Å². The van der Waals surface area contributed by atoms with Gasteiger partial charge in [-0.2, -0.15) is 0 Å². The first-order valence-electron chi connectivity index (χ1n) is 6.42. The van der Waals surface area contributed by atoms with Crippen molar-refractivity contribution in [2.75, 3.05) is 0 Å². The molecule has 0 aliphatic heterocycles. The van der Waals surface area contributed by atoms with Crippen LogP contribution in [0.15, 0.2) is 48.5 Å². The largest absolute Gasteiger partial charge is 0.426 e. The molecule has 0 heterocycles. The number of aryl methyl sites for hydroxylation is 2. The highest BCUT2D eigenvalue weighted by Crippen LogP contribution is 2.21. The molecule has 0 bridgehead atoms. The molecule has 0 unspecified atom stereocenters. The smallest absolute Gasteiger partial charge is 0.318 e. The number of para-hydroxylation sites is 1.